The number of nitrogens with one attached hydrogen (secondary N) is 1. The number of hydrogen-bond acceptors (Lipinski definition) is 4. The fourth-order valence-electron chi connectivity index (χ4n) is 2.16. The van der Waals surface area contributed by atoms with Gasteiger partial charge in [0.25, 0.3) is 0 Å². The second-order valence-corrected chi connectivity index (χ2v) is 5.58. The number of nitrogens with zero attached hydrogens (tertiary/aromatic N) is 1. The highest BCUT2D eigenvalue weighted by atomic mass is 32.1. The van der Waals surface area contributed by atoms with Gasteiger partial charge in [-0.1, -0.05) is 19.1 Å². The molecular weight excluding hydrogens is 268 g/mol. The van der Waals surface area contributed by atoms with Gasteiger partial charge in [0.15, 0.2) is 0 Å². The van der Waals surface area contributed by atoms with Gasteiger partial charge < -0.3 is 10.1 Å². The first kappa shape index (κ1) is 15.0. The van der Waals surface area contributed by atoms with Crippen LogP contribution in [-0.4, -0.2) is 18.1 Å². The van der Waals surface area contributed by atoms with E-state index in [1.807, 2.05) is 24.6 Å². The molecule has 1 aromatic carbocycles. The normalized spacial score (nSPS) is 12.3. The molecular formula is C16H22N2OS. The largest absolute Gasteiger partial charge is 0.494 e. The van der Waals surface area contributed by atoms with E-state index in [-0.39, 0.29) is 6.04 Å². The van der Waals surface area contributed by atoms with Crippen molar-refractivity contribution in [2.24, 2.45) is 0 Å². The molecule has 0 fully saturated rings. The van der Waals surface area contributed by atoms with Crippen LogP contribution in [0.4, 0.5) is 0 Å². The first-order valence-corrected chi connectivity index (χ1v) is 8.00. The van der Waals surface area contributed by atoms with Crippen molar-refractivity contribution in [1.29, 1.82) is 0 Å². The lowest BCUT2D eigenvalue weighted by Crippen LogP contribution is -2.23. The molecule has 0 saturated carbocycles. The van der Waals surface area contributed by atoms with Crippen LogP contribution in [0.3, 0.4) is 0 Å². The predicted octanol–water partition coefficient (Wildman–Crippen LogP) is 3.94. The summed E-state index contributed by atoms with van der Waals surface area (Å²) < 4.78 is 5.51. The molecule has 0 aliphatic heterocycles. The second-order valence-electron chi connectivity index (χ2n) is 4.69. The van der Waals surface area contributed by atoms with E-state index in [4.69, 9.17) is 4.74 Å². The van der Waals surface area contributed by atoms with Crippen LogP contribution >= 0.6 is 11.3 Å². The summed E-state index contributed by atoms with van der Waals surface area (Å²) in [6, 6.07) is 8.57. The van der Waals surface area contributed by atoms with Crippen LogP contribution in [0.5, 0.6) is 5.75 Å². The molecule has 20 heavy (non-hydrogen) atoms. The third-order valence-electron chi connectivity index (χ3n) is 3.17. The first-order chi connectivity index (χ1) is 9.76. The van der Waals surface area contributed by atoms with Crippen LogP contribution in [-0.2, 0) is 0 Å². The van der Waals surface area contributed by atoms with Crippen LogP contribution < -0.4 is 10.1 Å². The molecule has 1 N–H and O–H groups in total. The molecule has 0 spiro atoms. The lowest BCUT2D eigenvalue weighted by molar-refractivity contribution is 0.340. The summed E-state index contributed by atoms with van der Waals surface area (Å²) in [4.78, 5) is 5.67. The van der Waals surface area contributed by atoms with E-state index < -0.39 is 0 Å². The predicted molar refractivity (Wildman–Crippen MR) is 84.6 cm³/mol. The van der Waals surface area contributed by atoms with Crippen molar-refractivity contribution in [1.82, 2.24) is 10.3 Å². The number of rotatable bonds is 7. The fraction of sp³-hybridized carbons (Fsp3) is 0.438. The van der Waals surface area contributed by atoms with Gasteiger partial charge >= 0.3 is 0 Å². The minimum absolute atomic E-state index is 0.220. The monoisotopic (exact) mass is 290 g/mol. The molecule has 2 rings (SSSR count). The van der Waals surface area contributed by atoms with Crippen molar-refractivity contribution in [3.63, 3.8) is 0 Å². The van der Waals surface area contributed by atoms with Gasteiger partial charge in [-0.05, 0) is 44.5 Å². The standard InChI is InChI=1S/C16H22N2OS/c1-4-10-17-15(16-12(3)18-11-20-16)13-6-8-14(9-7-13)19-5-2/h6-9,11,15,17H,4-5,10H2,1-3H3. The van der Waals surface area contributed by atoms with Gasteiger partial charge in [0, 0.05) is 4.88 Å². The Morgan fingerprint density at radius 2 is 2.00 bits per heavy atom. The van der Waals surface area contributed by atoms with Crippen LogP contribution in [0, 0.1) is 6.92 Å². The Morgan fingerprint density at radius 3 is 2.55 bits per heavy atom. The fourth-order valence-corrected chi connectivity index (χ4v) is 3.06. The average Bonchev–Trinajstić information content (AvgIpc) is 2.88. The van der Waals surface area contributed by atoms with Crippen molar-refractivity contribution >= 4 is 11.3 Å². The van der Waals surface area contributed by atoms with Crippen molar-refractivity contribution < 1.29 is 4.74 Å². The van der Waals surface area contributed by atoms with E-state index in [2.05, 4.69) is 36.3 Å². The molecule has 1 atom stereocenters. The SMILES string of the molecule is CCCNC(c1ccc(OCC)cc1)c1scnc1C. The van der Waals surface area contributed by atoms with E-state index in [0.717, 1.165) is 24.4 Å². The molecule has 0 radical (unpaired) electrons. The van der Waals surface area contributed by atoms with E-state index in [0.29, 0.717) is 6.61 Å². The highest BCUT2D eigenvalue weighted by Crippen LogP contribution is 2.29. The molecule has 108 valence electrons. The van der Waals surface area contributed by atoms with E-state index in [9.17, 15) is 0 Å². The molecule has 0 bridgehead atoms. The van der Waals surface area contributed by atoms with Crippen LogP contribution in [0.1, 0.15) is 42.4 Å². The van der Waals surface area contributed by atoms with Crippen molar-refractivity contribution in [3.05, 3.63) is 45.9 Å². The number of ether oxygens (including phenoxy) is 1. The zero-order valence-corrected chi connectivity index (χ0v) is 13.2. The molecule has 1 aromatic heterocycles. The molecule has 0 aliphatic rings. The van der Waals surface area contributed by atoms with E-state index >= 15 is 0 Å². The van der Waals surface area contributed by atoms with Crippen molar-refractivity contribution in [2.75, 3.05) is 13.2 Å². The molecule has 0 amide bonds. The van der Waals surface area contributed by atoms with Crippen LogP contribution in [0.15, 0.2) is 29.8 Å². The summed E-state index contributed by atoms with van der Waals surface area (Å²) >= 11 is 1.71. The first-order valence-electron chi connectivity index (χ1n) is 7.12. The molecule has 0 saturated heterocycles. The number of benzene rings is 1. The number of hydrogen-bond donors (Lipinski definition) is 1. The molecule has 2 aromatic rings. The highest BCUT2D eigenvalue weighted by molar-refractivity contribution is 7.09. The maximum atomic E-state index is 5.51. The zero-order chi connectivity index (χ0) is 14.4. The summed E-state index contributed by atoms with van der Waals surface area (Å²) in [5.74, 6) is 0.923. The molecule has 3 nitrogen and oxygen atoms in total. The van der Waals surface area contributed by atoms with Crippen molar-refractivity contribution in [2.45, 2.75) is 33.2 Å². The number of thiazole rings is 1. The molecule has 1 heterocycles. The Balaban J connectivity index is 2.24. The van der Waals surface area contributed by atoms with Gasteiger partial charge in [-0.3, -0.25) is 0 Å². The summed E-state index contributed by atoms with van der Waals surface area (Å²) in [5.41, 5.74) is 4.28. The summed E-state index contributed by atoms with van der Waals surface area (Å²) in [6.45, 7) is 7.95. The molecule has 4 heteroatoms. The van der Waals surface area contributed by atoms with Gasteiger partial charge in [0.05, 0.1) is 23.9 Å². The highest BCUT2D eigenvalue weighted by Gasteiger charge is 2.17. The zero-order valence-electron chi connectivity index (χ0n) is 12.3. The number of aromatic nitrogens is 1. The Bertz CT molecular complexity index is 522. The lowest BCUT2D eigenvalue weighted by atomic mass is 10.0. The summed E-state index contributed by atoms with van der Waals surface area (Å²) in [7, 11) is 0. The summed E-state index contributed by atoms with van der Waals surface area (Å²) in [6.07, 6.45) is 1.12. The quantitative estimate of drug-likeness (QED) is 0.838. The van der Waals surface area contributed by atoms with Crippen LogP contribution in [0.25, 0.3) is 0 Å². The van der Waals surface area contributed by atoms with Gasteiger partial charge in [-0.25, -0.2) is 4.98 Å². The number of aryl methyl sites for hydroxylation is 1. The van der Waals surface area contributed by atoms with E-state index in [1.54, 1.807) is 11.3 Å². The van der Waals surface area contributed by atoms with Gasteiger partial charge in [0.2, 0.25) is 0 Å². The van der Waals surface area contributed by atoms with Gasteiger partial charge in [-0.15, -0.1) is 11.3 Å². The molecule has 1 unspecified atom stereocenters. The minimum Gasteiger partial charge on any atom is -0.494 e. The second kappa shape index (κ2) is 7.41. The minimum atomic E-state index is 0.220. The molecule has 0 aliphatic carbocycles. The summed E-state index contributed by atoms with van der Waals surface area (Å²) in [5, 5.41) is 3.61. The lowest BCUT2D eigenvalue weighted by Gasteiger charge is -2.18. The van der Waals surface area contributed by atoms with Crippen molar-refractivity contribution in [3.8, 4) is 5.75 Å². The Labute approximate surface area is 125 Å². The van der Waals surface area contributed by atoms with E-state index in [1.165, 1.54) is 10.4 Å². The average molecular weight is 290 g/mol. The van der Waals surface area contributed by atoms with Crippen LogP contribution in [0.2, 0.25) is 0 Å². The smallest absolute Gasteiger partial charge is 0.119 e. The van der Waals surface area contributed by atoms with Gasteiger partial charge in [-0.2, -0.15) is 0 Å². The Morgan fingerprint density at radius 1 is 1.25 bits per heavy atom. The third-order valence-corrected chi connectivity index (χ3v) is 4.16. The topological polar surface area (TPSA) is 34.1 Å². The Kier molecular flexibility index (Phi) is 5.56. The maximum absolute atomic E-state index is 5.51. The maximum Gasteiger partial charge on any atom is 0.119 e. The Hall–Kier alpha value is -1.39. The third kappa shape index (κ3) is 3.58. The van der Waals surface area contributed by atoms with Gasteiger partial charge in [0.1, 0.15) is 5.75 Å².